The Bertz CT molecular complexity index is 550. The standard InChI is InChI=1S/C15H19N3O2/c16-8-9-5-12(6-9)17-15(20)11-2-1-10-3-4-14(19)18-13(10)7-11/h1-2,7,9,12H,3-6,8,16H2,(H,17,20)(H,18,19). The van der Waals surface area contributed by atoms with Gasteiger partial charge in [-0.3, -0.25) is 9.59 Å². The summed E-state index contributed by atoms with van der Waals surface area (Å²) in [6.45, 7) is 0.692. The van der Waals surface area contributed by atoms with E-state index in [9.17, 15) is 9.59 Å². The highest BCUT2D eigenvalue weighted by Gasteiger charge is 2.29. The number of carbonyl (C=O) groups excluding carboxylic acids is 2. The molecular formula is C15H19N3O2. The molecule has 0 spiro atoms. The fourth-order valence-electron chi connectivity index (χ4n) is 2.83. The van der Waals surface area contributed by atoms with Crippen LogP contribution in [-0.4, -0.2) is 24.4 Å². The number of benzene rings is 1. The molecule has 1 saturated carbocycles. The lowest BCUT2D eigenvalue weighted by Crippen LogP contribution is -2.46. The van der Waals surface area contributed by atoms with Gasteiger partial charge in [-0.25, -0.2) is 0 Å². The lowest BCUT2D eigenvalue weighted by Gasteiger charge is -2.35. The summed E-state index contributed by atoms with van der Waals surface area (Å²) in [6.07, 6.45) is 3.18. The molecule has 0 unspecified atom stereocenters. The van der Waals surface area contributed by atoms with Crippen molar-refractivity contribution in [3.8, 4) is 0 Å². The molecule has 20 heavy (non-hydrogen) atoms. The van der Waals surface area contributed by atoms with Gasteiger partial charge in [-0.1, -0.05) is 6.07 Å². The number of fused-ring (bicyclic) bond motifs is 1. The molecule has 1 aliphatic carbocycles. The van der Waals surface area contributed by atoms with Crippen molar-refractivity contribution < 1.29 is 9.59 Å². The minimum absolute atomic E-state index is 0.0137. The lowest BCUT2D eigenvalue weighted by molar-refractivity contribution is -0.116. The Labute approximate surface area is 117 Å². The average molecular weight is 273 g/mol. The first kappa shape index (κ1) is 13.1. The highest BCUT2D eigenvalue weighted by molar-refractivity contribution is 5.99. The van der Waals surface area contributed by atoms with E-state index in [1.54, 1.807) is 6.07 Å². The van der Waals surface area contributed by atoms with Crippen LogP contribution >= 0.6 is 0 Å². The summed E-state index contributed by atoms with van der Waals surface area (Å²) in [7, 11) is 0. The van der Waals surface area contributed by atoms with E-state index in [2.05, 4.69) is 10.6 Å². The zero-order valence-electron chi connectivity index (χ0n) is 11.3. The second-order valence-corrected chi connectivity index (χ2v) is 5.66. The quantitative estimate of drug-likeness (QED) is 0.769. The fourth-order valence-corrected chi connectivity index (χ4v) is 2.83. The van der Waals surface area contributed by atoms with Crippen LogP contribution in [-0.2, 0) is 11.2 Å². The van der Waals surface area contributed by atoms with Crippen LogP contribution in [0.5, 0.6) is 0 Å². The molecule has 1 aliphatic heterocycles. The third-order valence-corrected chi connectivity index (χ3v) is 4.17. The molecule has 0 bridgehead atoms. The average Bonchev–Trinajstić information content (AvgIpc) is 2.41. The molecule has 1 aromatic rings. The number of hydrogen-bond acceptors (Lipinski definition) is 3. The van der Waals surface area contributed by atoms with Gasteiger partial charge in [0.05, 0.1) is 0 Å². The van der Waals surface area contributed by atoms with Crippen molar-refractivity contribution in [1.29, 1.82) is 0 Å². The summed E-state index contributed by atoms with van der Waals surface area (Å²) in [5, 5.41) is 5.82. The number of anilines is 1. The van der Waals surface area contributed by atoms with Crippen LogP contribution in [0.2, 0.25) is 0 Å². The Morgan fingerprint density at radius 2 is 2.15 bits per heavy atom. The second-order valence-electron chi connectivity index (χ2n) is 5.66. The third kappa shape index (κ3) is 2.54. The minimum Gasteiger partial charge on any atom is -0.349 e. The zero-order chi connectivity index (χ0) is 14.1. The Morgan fingerprint density at radius 3 is 2.90 bits per heavy atom. The van der Waals surface area contributed by atoms with Gasteiger partial charge in [-0.2, -0.15) is 0 Å². The summed E-state index contributed by atoms with van der Waals surface area (Å²) in [6, 6.07) is 5.75. The van der Waals surface area contributed by atoms with Gasteiger partial charge < -0.3 is 16.4 Å². The largest absolute Gasteiger partial charge is 0.349 e. The molecule has 1 aromatic carbocycles. The number of nitrogens with two attached hydrogens (primary N) is 1. The van der Waals surface area contributed by atoms with E-state index in [0.717, 1.165) is 30.5 Å². The van der Waals surface area contributed by atoms with E-state index in [0.29, 0.717) is 24.4 Å². The molecule has 5 heteroatoms. The first-order chi connectivity index (χ1) is 9.65. The van der Waals surface area contributed by atoms with Crippen LogP contribution in [0.15, 0.2) is 18.2 Å². The summed E-state index contributed by atoms with van der Waals surface area (Å²) in [4.78, 5) is 23.5. The van der Waals surface area contributed by atoms with Crippen molar-refractivity contribution in [2.24, 2.45) is 11.7 Å². The maximum absolute atomic E-state index is 12.2. The van der Waals surface area contributed by atoms with E-state index in [4.69, 9.17) is 5.73 Å². The molecule has 1 heterocycles. The van der Waals surface area contributed by atoms with E-state index in [-0.39, 0.29) is 17.9 Å². The van der Waals surface area contributed by atoms with Gasteiger partial charge in [0, 0.05) is 23.7 Å². The van der Waals surface area contributed by atoms with Gasteiger partial charge in [0.25, 0.3) is 5.91 Å². The summed E-state index contributed by atoms with van der Waals surface area (Å²) >= 11 is 0. The predicted molar refractivity (Wildman–Crippen MR) is 76.4 cm³/mol. The maximum Gasteiger partial charge on any atom is 0.251 e. The smallest absolute Gasteiger partial charge is 0.251 e. The van der Waals surface area contributed by atoms with E-state index in [1.807, 2.05) is 12.1 Å². The van der Waals surface area contributed by atoms with Crippen LogP contribution in [0, 0.1) is 5.92 Å². The van der Waals surface area contributed by atoms with Crippen molar-refractivity contribution in [3.63, 3.8) is 0 Å². The van der Waals surface area contributed by atoms with Gasteiger partial charge in [-0.05, 0) is 49.4 Å². The Balaban J connectivity index is 1.66. The van der Waals surface area contributed by atoms with E-state index < -0.39 is 0 Å². The van der Waals surface area contributed by atoms with Gasteiger partial charge in [0.15, 0.2) is 0 Å². The van der Waals surface area contributed by atoms with Crippen LogP contribution in [0.3, 0.4) is 0 Å². The summed E-state index contributed by atoms with van der Waals surface area (Å²) in [5.74, 6) is 0.482. The van der Waals surface area contributed by atoms with Crippen molar-refractivity contribution in [3.05, 3.63) is 29.3 Å². The predicted octanol–water partition coefficient (Wildman–Crippen LogP) is 1.04. The maximum atomic E-state index is 12.2. The first-order valence-corrected chi connectivity index (χ1v) is 7.09. The molecule has 0 radical (unpaired) electrons. The van der Waals surface area contributed by atoms with Crippen LogP contribution in [0.25, 0.3) is 0 Å². The van der Waals surface area contributed by atoms with E-state index >= 15 is 0 Å². The van der Waals surface area contributed by atoms with Gasteiger partial charge in [0.1, 0.15) is 0 Å². The molecule has 2 aliphatic rings. The third-order valence-electron chi connectivity index (χ3n) is 4.17. The Morgan fingerprint density at radius 1 is 1.35 bits per heavy atom. The van der Waals surface area contributed by atoms with Crippen molar-refractivity contribution in [1.82, 2.24) is 5.32 Å². The van der Waals surface area contributed by atoms with Crippen LogP contribution < -0.4 is 16.4 Å². The normalized spacial score (nSPS) is 24.4. The van der Waals surface area contributed by atoms with Crippen molar-refractivity contribution >= 4 is 17.5 Å². The minimum atomic E-state index is -0.0758. The molecule has 106 valence electrons. The summed E-state index contributed by atoms with van der Waals surface area (Å²) < 4.78 is 0. The molecule has 5 nitrogen and oxygen atoms in total. The van der Waals surface area contributed by atoms with Crippen LogP contribution in [0.1, 0.15) is 35.2 Å². The topological polar surface area (TPSA) is 84.2 Å². The summed E-state index contributed by atoms with van der Waals surface area (Å²) in [5.41, 5.74) is 8.03. The number of nitrogens with one attached hydrogen (secondary N) is 2. The molecule has 1 fully saturated rings. The number of carbonyl (C=O) groups is 2. The van der Waals surface area contributed by atoms with Gasteiger partial charge >= 0.3 is 0 Å². The molecule has 3 rings (SSSR count). The monoisotopic (exact) mass is 273 g/mol. The highest BCUT2D eigenvalue weighted by atomic mass is 16.2. The number of aryl methyl sites for hydroxylation is 1. The Hall–Kier alpha value is -1.88. The fraction of sp³-hybridized carbons (Fsp3) is 0.467. The Kier molecular flexibility index (Phi) is 3.44. The number of rotatable bonds is 3. The second kappa shape index (κ2) is 5.25. The van der Waals surface area contributed by atoms with Gasteiger partial charge in [0.2, 0.25) is 5.91 Å². The molecule has 0 saturated heterocycles. The molecule has 0 aromatic heterocycles. The number of amides is 2. The van der Waals surface area contributed by atoms with Crippen LogP contribution in [0.4, 0.5) is 5.69 Å². The van der Waals surface area contributed by atoms with Gasteiger partial charge in [-0.15, -0.1) is 0 Å². The molecule has 0 atom stereocenters. The molecule has 4 N–H and O–H groups in total. The first-order valence-electron chi connectivity index (χ1n) is 7.09. The number of hydrogen-bond donors (Lipinski definition) is 3. The van der Waals surface area contributed by atoms with Crippen molar-refractivity contribution in [2.45, 2.75) is 31.7 Å². The highest BCUT2D eigenvalue weighted by Crippen LogP contribution is 2.27. The lowest BCUT2D eigenvalue weighted by atomic mass is 9.80. The molecule has 2 amide bonds. The van der Waals surface area contributed by atoms with Crippen molar-refractivity contribution in [2.75, 3.05) is 11.9 Å². The zero-order valence-corrected chi connectivity index (χ0v) is 11.3. The molecular weight excluding hydrogens is 254 g/mol. The SMILES string of the molecule is NCC1CC(NC(=O)c2ccc3c(c2)NC(=O)CC3)C1. The van der Waals surface area contributed by atoms with E-state index in [1.165, 1.54) is 0 Å².